The van der Waals surface area contributed by atoms with E-state index in [-0.39, 0.29) is 18.9 Å². The molecule has 0 aromatic carbocycles. The Morgan fingerprint density at radius 3 is 2.62 bits per heavy atom. The third kappa shape index (κ3) is 9.30. The van der Waals surface area contributed by atoms with E-state index in [0.717, 1.165) is 0 Å². The topological polar surface area (TPSA) is 9.23 Å². The van der Waals surface area contributed by atoms with E-state index in [1.807, 2.05) is 6.92 Å². The van der Waals surface area contributed by atoms with Crippen LogP contribution in [0.2, 0.25) is 0 Å². The maximum Gasteiger partial charge on any atom is 1.00 e. The molecule has 2 heteroatoms. The van der Waals surface area contributed by atoms with Gasteiger partial charge in [0.1, 0.15) is 0 Å². The summed E-state index contributed by atoms with van der Waals surface area (Å²) >= 11 is 0. The van der Waals surface area contributed by atoms with Gasteiger partial charge in [-0.05, 0) is 6.92 Å². The van der Waals surface area contributed by atoms with E-state index in [1.54, 1.807) is 12.3 Å². The fraction of sp³-hybridized carbons (Fsp3) is 0.333. The molecule has 0 aliphatic carbocycles. The summed E-state index contributed by atoms with van der Waals surface area (Å²) in [6.45, 7) is 7.59. The minimum atomic E-state index is 0. The number of hydrogen-bond acceptors (Lipinski definition) is 1. The minimum Gasteiger partial charge on any atom is -0.520 e. The van der Waals surface area contributed by atoms with Crippen LogP contribution < -0.4 is 18.9 Å². The molecular weight excluding hydrogens is 95.0 g/mol. The van der Waals surface area contributed by atoms with Crippen molar-refractivity contribution in [2.75, 3.05) is 6.61 Å². The van der Waals surface area contributed by atoms with Crippen molar-refractivity contribution in [3.05, 3.63) is 25.0 Å². The van der Waals surface area contributed by atoms with Crippen molar-refractivity contribution in [1.29, 1.82) is 0 Å². The summed E-state index contributed by atoms with van der Waals surface area (Å²) in [6, 6.07) is 0. The molecule has 0 spiro atoms. The van der Waals surface area contributed by atoms with E-state index in [4.69, 9.17) is 11.3 Å². The van der Waals surface area contributed by atoms with Crippen LogP contribution in [0.5, 0.6) is 0 Å². The molecule has 8 heavy (non-hydrogen) atoms. The maximum atomic E-state index is 4.98. The molecule has 0 aliphatic heterocycles. The zero-order valence-corrected chi connectivity index (χ0v) is 5.42. The predicted octanol–water partition coefficient (Wildman–Crippen LogP) is -1.47. The second-order valence-corrected chi connectivity index (χ2v) is 0.976. The van der Waals surface area contributed by atoms with Gasteiger partial charge in [0.15, 0.2) is 0 Å². The first kappa shape index (κ1) is 10.8. The van der Waals surface area contributed by atoms with E-state index in [1.165, 1.54) is 6.08 Å². The molecule has 0 bridgehead atoms. The van der Waals surface area contributed by atoms with Crippen molar-refractivity contribution >= 4 is 0 Å². The molecule has 0 aromatic rings. The zero-order valence-electron chi connectivity index (χ0n) is 5.42. The van der Waals surface area contributed by atoms with E-state index in [0.29, 0.717) is 6.61 Å². The van der Waals surface area contributed by atoms with Crippen molar-refractivity contribution < 1.29 is 23.6 Å². The van der Waals surface area contributed by atoms with Gasteiger partial charge in [-0.25, -0.2) is 6.08 Å². The Bertz CT molecular complexity index is 68.9. The van der Waals surface area contributed by atoms with Gasteiger partial charge in [-0.1, -0.05) is 0 Å². The number of ether oxygens (including phenoxy) is 1. The molecule has 0 amide bonds. The van der Waals surface area contributed by atoms with Crippen LogP contribution in [0.15, 0.2) is 18.4 Å². The van der Waals surface area contributed by atoms with Crippen LogP contribution in [0.3, 0.4) is 0 Å². The third-order valence-electron chi connectivity index (χ3n) is 0.453. The SMILES string of the molecule is [CH-]=CC=COCC.[Li+]. The largest absolute Gasteiger partial charge is 1.00 e. The van der Waals surface area contributed by atoms with Crippen molar-refractivity contribution in [1.82, 2.24) is 0 Å². The second-order valence-electron chi connectivity index (χ2n) is 0.976. The van der Waals surface area contributed by atoms with Crippen LogP contribution in [0, 0.1) is 6.58 Å². The van der Waals surface area contributed by atoms with Crippen molar-refractivity contribution in [2.24, 2.45) is 0 Å². The van der Waals surface area contributed by atoms with Gasteiger partial charge >= 0.3 is 18.9 Å². The predicted molar refractivity (Wildman–Crippen MR) is 29.6 cm³/mol. The van der Waals surface area contributed by atoms with Crippen LogP contribution in [0.1, 0.15) is 6.92 Å². The average Bonchev–Trinajstić information content (AvgIpc) is 1.69. The van der Waals surface area contributed by atoms with E-state index in [9.17, 15) is 0 Å². The van der Waals surface area contributed by atoms with Gasteiger partial charge in [0.05, 0.1) is 6.61 Å². The van der Waals surface area contributed by atoms with Crippen molar-refractivity contribution in [3.63, 3.8) is 0 Å². The summed E-state index contributed by atoms with van der Waals surface area (Å²) in [7, 11) is 0. The van der Waals surface area contributed by atoms with Crippen LogP contribution in [-0.4, -0.2) is 6.61 Å². The maximum absolute atomic E-state index is 4.98. The zero-order chi connectivity index (χ0) is 5.54. The Hall–Kier alpha value is -0.123. The molecule has 40 valence electrons. The first-order valence-corrected chi connectivity index (χ1v) is 2.23. The van der Waals surface area contributed by atoms with Gasteiger partial charge in [0, 0.05) is 6.26 Å². The molecule has 0 aliphatic rings. The second kappa shape index (κ2) is 9.99. The van der Waals surface area contributed by atoms with Crippen LogP contribution in [-0.2, 0) is 4.74 Å². The monoisotopic (exact) mass is 104 g/mol. The summed E-state index contributed by atoms with van der Waals surface area (Å²) in [6.07, 6.45) is 4.62. The molecule has 0 fully saturated rings. The molecule has 0 heterocycles. The molecule has 0 rings (SSSR count). The Balaban J connectivity index is 0. The Labute approximate surface area is 62.6 Å². The smallest absolute Gasteiger partial charge is 0.520 e. The van der Waals surface area contributed by atoms with Crippen molar-refractivity contribution in [2.45, 2.75) is 6.92 Å². The summed E-state index contributed by atoms with van der Waals surface area (Å²) in [5.41, 5.74) is 0. The van der Waals surface area contributed by atoms with Gasteiger partial charge in [-0.15, -0.1) is 0 Å². The molecule has 0 aromatic heterocycles. The Morgan fingerprint density at radius 1 is 1.62 bits per heavy atom. The van der Waals surface area contributed by atoms with Crippen LogP contribution in [0.4, 0.5) is 0 Å². The quantitative estimate of drug-likeness (QED) is 0.184. The summed E-state index contributed by atoms with van der Waals surface area (Å²) in [4.78, 5) is 0. The normalized spacial score (nSPS) is 8.12. The van der Waals surface area contributed by atoms with Gasteiger partial charge < -0.3 is 4.74 Å². The molecule has 0 saturated carbocycles. The number of rotatable bonds is 3. The minimum absolute atomic E-state index is 0. The van der Waals surface area contributed by atoms with E-state index < -0.39 is 0 Å². The van der Waals surface area contributed by atoms with Gasteiger partial charge in [-0.3, -0.25) is 6.58 Å². The molecule has 1 nitrogen and oxygen atoms in total. The fourth-order valence-corrected chi connectivity index (χ4v) is 0.197. The first-order valence-electron chi connectivity index (χ1n) is 2.23. The molecule has 0 atom stereocenters. The summed E-state index contributed by atoms with van der Waals surface area (Å²) in [5.74, 6) is 0. The number of allylic oxidation sites excluding steroid dienone is 2. The molecule has 0 unspecified atom stereocenters. The van der Waals surface area contributed by atoms with E-state index in [2.05, 4.69) is 0 Å². The average molecular weight is 104 g/mol. The Morgan fingerprint density at radius 2 is 2.25 bits per heavy atom. The third-order valence-corrected chi connectivity index (χ3v) is 0.453. The van der Waals surface area contributed by atoms with E-state index >= 15 is 0 Å². The fourth-order valence-electron chi connectivity index (χ4n) is 0.197. The first-order chi connectivity index (χ1) is 3.41. The summed E-state index contributed by atoms with van der Waals surface area (Å²) < 4.78 is 4.78. The summed E-state index contributed by atoms with van der Waals surface area (Å²) in [5, 5.41) is 0. The van der Waals surface area contributed by atoms with Crippen LogP contribution >= 0.6 is 0 Å². The molecule has 0 saturated heterocycles. The van der Waals surface area contributed by atoms with Crippen LogP contribution in [0.25, 0.3) is 0 Å². The van der Waals surface area contributed by atoms with Gasteiger partial charge in [0.25, 0.3) is 0 Å². The van der Waals surface area contributed by atoms with Gasteiger partial charge in [-0.2, -0.15) is 6.08 Å². The molecule has 0 radical (unpaired) electrons. The van der Waals surface area contributed by atoms with Crippen molar-refractivity contribution in [3.8, 4) is 0 Å². The Kier molecular flexibility index (Phi) is 13.5. The standard InChI is InChI=1S/C6H9O.Li/c1-3-5-6-7-4-2;/h1,3,5-6H,4H2,2H3;/q-1;+1. The number of hydrogen-bond donors (Lipinski definition) is 0. The van der Waals surface area contributed by atoms with Gasteiger partial charge in [0.2, 0.25) is 0 Å². The molecular formula is C6H9LiO. The molecule has 0 N–H and O–H groups in total.